The van der Waals surface area contributed by atoms with Gasteiger partial charge in [-0.05, 0) is 61.7 Å². The van der Waals surface area contributed by atoms with Gasteiger partial charge in [-0.3, -0.25) is 14.4 Å². The van der Waals surface area contributed by atoms with Crippen LogP contribution in [0, 0.1) is 18.8 Å². The van der Waals surface area contributed by atoms with Crippen molar-refractivity contribution in [2.75, 3.05) is 23.7 Å². The zero-order valence-corrected chi connectivity index (χ0v) is 19.3. The van der Waals surface area contributed by atoms with Crippen molar-refractivity contribution in [2.24, 2.45) is 11.8 Å². The molecule has 1 aliphatic heterocycles. The van der Waals surface area contributed by atoms with Crippen molar-refractivity contribution in [3.8, 4) is 0 Å². The quantitative estimate of drug-likeness (QED) is 0.632. The van der Waals surface area contributed by atoms with Crippen molar-refractivity contribution in [3.05, 3.63) is 59.2 Å². The van der Waals surface area contributed by atoms with Crippen LogP contribution in [0.1, 0.15) is 48.2 Å². The Morgan fingerprint density at radius 3 is 2.15 bits per heavy atom. The number of hydrogen-bond acceptors (Lipinski definition) is 3. The van der Waals surface area contributed by atoms with Gasteiger partial charge in [-0.2, -0.15) is 13.2 Å². The van der Waals surface area contributed by atoms with E-state index in [9.17, 15) is 27.6 Å². The highest BCUT2D eigenvalue weighted by molar-refractivity contribution is 5.97. The maximum absolute atomic E-state index is 12.8. The monoisotopic (exact) mass is 475 g/mol. The minimum atomic E-state index is -4.45. The predicted molar refractivity (Wildman–Crippen MR) is 123 cm³/mol. The molecular weight excluding hydrogens is 447 g/mol. The molecule has 3 rings (SSSR count). The lowest BCUT2D eigenvalue weighted by atomic mass is 9.95. The third-order valence-corrected chi connectivity index (χ3v) is 5.90. The van der Waals surface area contributed by atoms with E-state index < -0.39 is 11.7 Å². The molecule has 2 aromatic carbocycles. The van der Waals surface area contributed by atoms with Crippen LogP contribution in [0.3, 0.4) is 0 Å². The number of carbonyl (C=O) groups is 3. The molecule has 0 saturated carbocycles. The van der Waals surface area contributed by atoms with Crippen LogP contribution in [0.25, 0.3) is 0 Å². The average Bonchev–Trinajstić information content (AvgIpc) is 2.80. The van der Waals surface area contributed by atoms with Crippen LogP contribution < -0.4 is 10.6 Å². The average molecular weight is 476 g/mol. The molecule has 34 heavy (non-hydrogen) atoms. The number of aryl methyl sites for hydroxylation is 1. The summed E-state index contributed by atoms with van der Waals surface area (Å²) in [5, 5.41) is 5.73. The summed E-state index contributed by atoms with van der Waals surface area (Å²) in [6.45, 7) is 6.11. The topological polar surface area (TPSA) is 78.5 Å². The first-order chi connectivity index (χ1) is 16.0. The molecule has 0 spiro atoms. The molecule has 0 aromatic heterocycles. The normalized spacial score (nSPS) is 14.7. The second-order valence-electron chi connectivity index (χ2n) is 8.80. The number of nitrogens with one attached hydrogen (secondary N) is 2. The molecule has 1 heterocycles. The highest BCUT2D eigenvalue weighted by Gasteiger charge is 2.31. The Kier molecular flexibility index (Phi) is 7.64. The summed E-state index contributed by atoms with van der Waals surface area (Å²) < 4.78 is 38.2. The Morgan fingerprint density at radius 2 is 1.59 bits per heavy atom. The maximum atomic E-state index is 12.8. The summed E-state index contributed by atoms with van der Waals surface area (Å²) >= 11 is 0. The lowest BCUT2D eigenvalue weighted by Crippen LogP contribution is -2.41. The number of anilines is 2. The van der Waals surface area contributed by atoms with Crippen molar-refractivity contribution in [3.63, 3.8) is 0 Å². The number of likely N-dealkylation sites (tertiary alicyclic amines) is 1. The summed E-state index contributed by atoms with van der Waals surface area (Å²) in [6, 6.07) is 9.46. The van der Waals surface area contributed by atoms with Crippen LogP contribution in [0.5, 0.6) is 0 Å². The first-order valence-electron chi connectivity index (χ1n) is 11.1. The highest BCUT2D eigenvalue weighted by Crippen LogP contribution is 2.30. The smallest absolute Gasteiger partial charge is 0.339 e. The second kappa shape index (κ2) is 10.3. The molecule has 0 atom stereocenters. The maximum Gasteiger partial charge on any atom is 0.416 e. The summed E-state index contributed by atoms with van der Waals surface area (Å²) in [6.07, 6.45) is -3.56. The number of rotatable bonds is 5. The van der Waals surface area contributed by atoms with Crippen molar-refractivity contribution in [1.82, 2.24) is 4.90 Å². The van der Waals surface area contributed by atoms with Gasteiger partial charge in [-0.25, -0.2) is 0 Å². The minimum Gasteiger partial charge on any atom is -0.339 e. The van der Waals surface area contributed by atoms with Gasteiger partial charge in [0, 0.05) is 41.9 Å². The van der Waals surface area contributed by atoms with E-state index in [1.54, 1.807) is 30.9 Å². The molecule has 6 nitrogen and oxygen atoms in total. The second-order valence-corrected chi connectivity index (χ2v) is 8.80. The zero-order chi connectivity index (χ0) is 25.0. The Bertz CT molecular complexity index is 1060. The summed E-state index contributed by atoms with van der Waals surface area (Å²) in [7, 11) is 0. The molecule has 0 aliphatic carbocycles. The highest BCUT2D eigenvalue weighted by atomic mass is 19.4. The van der Waals surface area contributed by atoms with Crippen LogP contribution in [0.4, 0.5) is 24.5 Å². The number of halogens is 3. The van der Waals surface area contributed by atoms with Crippen molar-refractivity contribution in [1.29, 1.82) is 0 Å². The van der Waals surface area contributed by atoms with E-state index in [0.717, 1.165) is 17.7 Å². The minimum absolute atomic E-state index is 0.119. The van der Waals surface area contributed by atoms with E-state index in [1.165, 1.54) is 12.1 Å². The fourth-order valence-electron chi connectivity index (χ4n) is 3.68. The molecule has 1 fully saturated rings. The Labute approximate surface area is 196 Å². The number of piperidine rings is 1. The van der Waals surface area contributed by atoms with Crippen molar-refractivity contribution < 1.29 is 27.6 Å². The molecule has 1 aliphatic rings. The molecular formula is C25H28F3N3O3. The van der Waals surface area contributed by atoms with Gasteiger partial charge in [0.05, 0.1) is 5.56 Å². The third-order valence-electron chi connectivity index (χ3n) is 5.90. The number of nitrogens with zero attached hydrogens (tertiary/aromatic N) is 1. The summed E-state index contributed by atoms with van der Waals surface area (Å²) in [5.74, 6) is -1.11. The van der Waals surface area contributed by atoms with E-state index in [2.05, 4.69) is 10.6 Å². The Morgan fingerprint density at radius 1 is 0.971 bits per heavy atom. The standard InChI is InChI=1S/C25H28F3N3O3/c1-15(2)22(32)29-20-9-4-16(3)21(14-20)30-23(33)17-10-12-31(13-11-17)24(34)18-5-7-19(8-6-18)25(26,27)28/h4-9,14-15,17H,10-13H2,1-3H3,(H,29,32)(H,30,33). The lowest BCUT2D eigenvalue weighted by molar-refractivity contribution is -0.137. The molecule has 2 aromatic rings. The molecule has 182 valence electrons. The first-order valence-corrected chi connectivity index (χ1v) is 11.1. The fraction of sp³-hybridized carbons (Fsp3) is 0.400. The van der Waals surface area contributed by atoms with Crippen LogP contribution in [-0.2, 0) is 15.8 Å². The SMILES string of the molecule is Cc1ccc(NC(=O)C(C)C)cc1NC(=O)C1CCN(C(=O)c2ccc(C(F)(F)F)cc2)CC1. The van der Waals surface area contributed by atoms with Crippen molar-refractivity contribution in [2.45, 2.75) is 39.8 Å². The number of amides is 3. The number of benzene rings is 2. The van der Waals surface area contributed by atoms with E-state index in [4.69, 9.17) is 0 Å². The summed E-state index contributed by atoms with van der Waals surface area (Å²) in [5.41, 5.74) is 1.44. The molecule has 2 N–H and O–H groups in total. The lowest BCUT2D eigenvalue weighted by Gasteiger charge is -2.31. The first kappa shape index (κ1) is 25.3. The van der Waals surface area contributed by atoms with Gasteiger partial charge in [-0.15, -0.1) is 0 Å². The number of carbonyl (C=O) groups excluding carboxylic acids is 3. The molecule has 0 bridgehead atoms. The van der Waals surface area contributed by atoms with Crippen molar-refractivity contribution >= 4 is 29.1 Å². The molecule has 9 heteroatoms. The van der Waals surface area contributed by atoms with E-state index in [0.29, 0.717) is 37.3 Å². The van der Waals surface area contributed by atoms with E-state index in [-0.39, 0.29) is 35.1 Å². The molecule has 1 saturated heterocycles. The van der Waals surface area contributed by atoms with Gasteiger partial charge < -0.3 is 15.5 Å². The van der Waals surface area contributed by atoms with E-state index in [1.807, 2.05) is 13.0 Å². The van der Waals surface area contributed by atoms with Gasteiger partial charge >= 0.3 is 6.18 Å². The predicted octanol–water partition coefficient (Wildman–Crippen LogP) is 5.10. The van der Waals surface area contributed by atoms with Gasteiger partial charge in [0.15, 0.2) is 0 Å². The molecule has 0 unspecified atom stereocenters. The largest absolute Gasteiger partial charge is 0.416 e. The molecule has 0 radical (unpaired) electrons. The van der Waals surface area contributed by atoms with Gasteiger partial charge in [0.25, 0.3) is 5.91 Å². The Balaban J connectivity index is 1.57. The number of alkyl halides is 3. The fourth-order valence-corrected chi connectivity index (χ4v) is 3.68. The van der Waals surface area contributed by atoms with Crippen LogP contribution >= 0.6 is 0 Å². The van der Waals surface area contributed by atoms with E-state index >= 15 is 0 Å². The Hall–Kier alpha value is -3.36. The van der Waals surface area contributed by atoms with Crippen LogP contribution in [0.2, 0.25) is 0 Å². The van der Waals surface area contributed by atoms with Gasteiger partial charge in [0.1, 0.15) is 0 Å². The van der Waals surface area contributed by atoms with Gasteiger partial charge in [0.2, 0.25) is 11.8 Å². The zero-order valence-electron chi connectivity index (χ0n) is 19.3. The van der Waals surface area contributed by atoms with Gasteiger partial charge in [-0.1, -0.05) is 19.9 Å². The molecule has 3 amide bonds. The number of hydrogen-bond donors (Lipinski definition) is 2. The van der Waals surface area contributed by atoms with Crippen LogP contribution in [-0.4, -0.2) is 35.7 Å². The summed E-state index contributed by atoms with van der Waals surface area (Å²) in [4.78, 5) is 39.0. The van der Waals surface area contributed by atoms with Crippen LogP contribution in [0.15, 0.2) is 42.5 Å². The third kappa shape index (κ3) is 6.15.